The van der Waals surface area contributed by atoms with Crippen molar-refractivity contribution in [2.75, 3.05) is 7.11 Å². The number of rotatable bonds is 3. The monoisotopic (exact) mass is 283 g/mol. The number of aromatic nitrogens is 2. The highest BCUT2D eigenvalue weighted by Crippen LogP contribution is 2.19. The number of hydrogen-bond acceptors (Lipinski definition) is 5. The number of nitrogens with zero attached hydrogens (tertiary/aromatic N) is 2. The predicted molar refractivity (Wildman–Crippen MR) is 77.9 cm³/mol. The summed E-state index contributed by atoms with van der Waals surface area (Å²) in [6.45, 7) is 3.34. The molecular weight excluding hydrogens is 266 g/mol. The SMILES string of the molecule is COC(=O)c1nc(Cc2cccc(C)c2)nc2c1CNC2. The highest BCUT2D eigenvalue weighted by Gasteiger charge is 2.23. The number of aryl methyl sites for hydroxylation is 1. The third-order valence-corrected chi connectivity index (χ3v) is 3.56. The van der Waals surface area contributed by atoms with Crippen molar-refractivity contribution >= 4 is 5.97 Å². The average molecular weight is 283 g/mol. The normalized spacial score (nSPS) is 13.0. The van der Waals surface area contributed by atoms with Crippen molar-refractivity contribution in [1.29, 1.82) is 0 Å². The molecule has 1 aliphatic heterocycles. The Balaban J connectivity index is 1.98. The molecule has 2 aromatic rings. The van der Waals surface area contributed by atoms with Crippen molar-refractivity contribution in [2.45, 2.75) is 26.4 Å². The molecule has 0 unspecified atom stereocenters. The van der Waals surface area contributed by atoms with Crippen molar-refractivity contribution < 1.29 is 9.53 Å². The highest BCUT2D eigenvalue weighted by molar-refractivity contribution is 5.89. The van der Waals surface area contributed by atoms with Gasteiger partial charge in [0.2, 0.25) is 0 Å². The topological polar surface area (TPSA) is 64.1 Å². The van der Waals surface area contributed by atoms with Crippen LogP contribution in [0.4, 0.5) is 0 Å². The van der Waals surface area contributed by atoms with Gasteiger partial charge in [0.25, 0.3) is 0 Å². The van der Waals surface area contributed by atoms with Crippen molar-refractivity contribution in [3.63, 3.8) is 0 Å². The van der Waals surface area contributed by atoms with Crippen molar-refractivity contribution in [3.8, 4) is 0 Å². The van der Waals surface area contributed by atoms with E-state index < -0.39 is 5.97 Å². The van der Waals surface area contributed by atoms with Crippen molar-refractivity contribution in [2.24, 2.45) is 0 Å². The first kappa shape index (κ1) is 13.7. The van der Waals surface area contributed by atoms with Crippen LogP contribution in [-0.2, 0) is 24.2 Å². The molecule has 1 aliphatic rings. The molecule has 0 atom stereocenters. The molecule has 1 aromatic carbocycles. The summed E-state index contributed by atoms with van der Waals surface area (Å²) in [5.41, 5.74) is 4.47. The molecule has 0 saturated heterocycles. The van der Waals surface area contributed by atoms with Gasteiger partial charge in [-0.3, -0.25) is 0 Å². The Kier molecular flexibility index (Phi) is 3.66. The van der Waals surface area contributed by atoms with Gasteiger partial charge in [0, 0.05) is 25.1 Å². The Labute approximate surface area is 123 Å². The first-order chi connectivity index (χ1) is 10.2. The Hall–Kier alpha value is -2.27. The largest absolute Gasteiger partial charge is 0.464 e. The van der Waals surface area contributed by atoms with Gasteiger partial charge in [-0.2, -0.15) is 0 Å². The van der Waals surface area contributed by atoms with Crippen molar-refractivity contribution in [3.05, 3.63) is 58.2 Å². The smallest absolute Gasteiger partial charge is 0.357 e. The Morgan fingerprint density at radius 3 is 2.95 bits per heavy atom. The molecule has 0 bridgehead atoms. The second-order valence-corrected chi connectivity index (χ2v) is 5.17. The van der Waals surface area contributed by atoms with Crippen LogP contribution in [0.25, 0.3) is 0 Å². The molecule has 0 radical (unpaired) electrons. The minimum atomic E-state index is -0.400. The number of nitrogens with one attached hydrogen (secondary N) is 1. The fraction of sp³-hybridized carbons (Fsp3) is 0.312. The van der Waals surface area contributed by atoms with Gasteiger partial charge in [-0.25, -0.2) is 14.8 Å². The molecule has 2 heterocycles. The molecule has 21 heavy (non-hydrogen) atoms. The van der Waals surface area contributed by atoms with E-state index in [0.29, 0.717) is 31.0 Å². The second kappa shape index (κ2) is 5.61. The number of ether oxygens (including phenoxy) is 1. The van der Waals surface area contributed by atoms with Crippen LogP contribution >= 0.6 is 0 Å². The lowest BCUT2D eigenvalue weighted by molar-refractivity contribution is 0.0592. The van der Waals surface area contributed by atoms with Gasteiger partial charge in [0.15, 0.2) is 5.69 Å². The lowest BCUT2D eigenvalue weighted by Crippen LogP contribution is -2.13. The summed E-state index contributed by atoms with van der Waals surface area (Å²) < 4.78 is 4.83. The van der Waals surface area contributed by atoms with E-state index in [1.165, 1.54) is 12.7 Å². The van der Waals surface area contributed by atoms with Gasteiger partial charge in [0.1, 0.15) is 5.82 Å². The maximum Gasteiger partial charge on any atom is 0.357 e. The van der Waals surface area contributed by atoms with E-state index in [0.717, 1.165) is 16.8 Å². The lowest BCUT2D eigenvalue weighted by Gasteiger charge is -2.08. The fourth-order valence-electron chi connectivity index (χ4n) is 2.57. The maximum absolute atomic E-state index is 11.9. The number of carbonyl (C=O) groups is 1. The van der Waals surface area contributed by atoms with Crippen LogP contribution in [0.15, 0.2) is 24.3 Å². The molecule has 108 valence electrons. The molecule has 0 fully saturated rings. The number of methoxy groups -OCH3 is 1. The third kappa shape index (κ3) is 2.78. The van der Waals surface area contributed by atoms with Crippen LogP contribution in [0.2, 0.25) is 0 Å². The molecule has 5 heteroatoms. The standard InChI is InChI=1S/C16H17N3O2/c1-10-4-3-5-11(6-10)7-14-18-13-9-17-8-12(13)15(19-14)16(20)21-2/h3-6,17H,7-9H2,1-2H3. The molecule has 1 N–H and O–H groups in total. The number of esters is 1. The number of benzene rings is 1. The van der Waals surface area contributed by atoms with Crippen LogP contribution in [0.3, 0.4) is 0 Å². The van der Waals surface area contributed by atoms with Gasteiger partial charge in [0.05, 0.1) is 12.8 Å². The zero-order chi connectivity index (χ0) is 14.8. The van der Waals surface area contributed by atoms with Crippen molar-refractivity contribution in [1.82, 2.24) is 15.3 Å². The van der Waals surface area contributed by atoms with Gasteiger partial charge < -0.3 is 10.1 Å². The van der Waals surface area contributed by atoms with Crippen LogP contribution in [0.5, 0.6) is 0 Å². The Bertz CT molecular complexity index is 698. The zero-order valence-electron chi connectivity index (χ0n) is 12.1. The summed E-state index contributed by atoms with van der Waals surface area (Å²) in [6.07, 6.45) is 0.610. The lowest BCUT2D eigenvalue weighted by atomic mass is 10.1. The van der Waals surface area contributed by atoms with E-state index in [1.54, 1.807) is 0 Å². The molecule has 1 aromatic heterocycles. The second-order valence-electron chi connectivity index (χ2n) is 5.17. The average Bonchev–Trinajstić information content (AvgIpc) is 2.94. The van der Waals surface area contributed by atoms with Crippen LogP contribution in [0.1, 0.15) is 38.7 Å². The molecule has 5 nitrogen and oxygen atoms in total. The molecule has 0 aliphatic carbocycles. The van der Waals surface area contributed by atoms with Gasteiger partial charge in [-0.05, 0) is 12.5 Å². The van der Waals surface area contributed by atoms with E-state index in [2.05, 4.69) is 34.3 Å². The van der Waals surface area contributed by atoms with Gasteiger partial charge in [-0.15, -0.1) is 0 Å². The minimum absolute atomic E-state index is 0.384. The van der Waals surface area contributed by atoms with E-state index in [4.69, 9.17) is 4.74 Å². The maximum atomic E-state index is 11.9. The van der Waals surface area contributed by atoms with Gasteiger partial charge in [-0.1, -0.05) is 29.8 Å². The predicted octanol–water partition coefficient (Wildman–Crippen LogP) is 1.77. The molecule has 0 spiro atoms. The summed E-state index contributed by atoms with van der Waals surface area (Å²) in [4.78, 5) is 20.9. The van der Waals surface area contributed by atoms with E-state index in [1.807, 2.05) is 12.1 Å². The molecular formula is C16H17N3O2. The molecule has 3 rings (SSSR count). The zero-order valence-corrected chi connectivity index (χ0v) is 12.1. The van der Waals surface area contributed by atoms with E-state index in [9.17, 15) is 4.79 Å². The fourth-order valence-corrected chi connectivity index (χ4v) is 2.57. The summed E-state index contributed by atoms with van der Waals surface area (Å²) in [5.74, 6) is 0.256. The highest BCUT2D eigenvalue weighted by atomic mass is 16.5. The quantitative estimate of drug-likeness (QED) is 0.870. The summed E-state index contributed by atoms with van der Waals surface area (Å²) in [6, 6.07) is 8.21. The van der Waals surface area contributed by atoms with Gasteiger partial charge >= 0.3 is 5.97 Å². The summed E-state index contributed by atoms with van der Waals surface area (Å²) in [5, 5.41) is 3.20. The molecule has 0 saturated carbocycles. The minimum Gasteiger partial charge on any atom is -0.464 e. The first-order valence-corrected chi connectivity index (χ1v) is 6.90. The summed E-state index contributed by atoms with van der Waals surface area (Å²) in [7, 11) is 1.37. The Morgan fingerprint density at radius 1 is 1.33 bits per heavy atom. The molecule has 0 amide bonds. The van der Waals surface area contributed by atoms with Crippen LogP contribution in [-0.4, -0.2) is 23.0 Å². The van der Waals surface area contributed by atoms with E-state index in [-0.39, 0.29) is 0 Å². The summed E-state index contributed by atoms with van der Waals surface area (Å²) >= 11 is 0. The number of carbonyl (C=O) groups excluding carboxylic acids is 1. The Morgan fingerprint density at radius 2 is 2.19 bits per heavy atom. The number of hydrogen-bond donors (Lipinski definition) is 1. The van der Waals surface area contributed by atoms with Crippen LogP contribution in [0, 0.1) is 6.92 Å². The van der Waals surface area contributed by atoms with E-state index >= 15 is 0 Å². The number of fused-ring (bicyclic) bond motifs is 1. The first-order valence-electron chi connectivity index (χ1n) is 6.90. The van der Waals surface area contributed by atoms with Crippen LogP contribution < -0.4 is 5.32 Å². The third-order valence-electron chi connectivity index (χ3n) is 3.56.